The lowest BCUT2D eigenvalue weighted by atomic mass is 9.96. The first-order valence-electron chi connectivity index (χ1n) is 9.24. The second-order valence-electron chi connectivity index (χ2n) is 6.77. The molecular formula is C21H20BrN3O3. The van der Waals surface area contributed by atoms with E-state index >= 15 is 0 Å². The van der Waals surface area contributed by atoms with Crippen LogP contribution in [0.2, 0.25) is 0 Å². The molecule has 144 valence electrons. The number of carbonyl (C=O) groups is 1. The molecule has 1 aromatic heterocycles. The topological polar surface area (TPSA) is 68.5 Å². The predicted molar refractivity (Wildman–Crippen MR) is 108 cm³/mol. The molecule has 1 saturated heterocycles. The SMILES string of the molecule is O=C(OCc1ccccc1)N1CCC(c2noc(-c3ccc(Br)cc3)n2)CC1. The van der Waals surface area contributed by atoms with E-state index in [0.29, 0.717) is 31.4 Å². The monoisotopic (exact) mass is 441 g/mol. The Hall–Kier alpha value is -2.67. The number of likely N-dealkylation sites (tertiary alicyclic amines) is 1. The van der Waals surface area contributed by atoms with Crippen molar-refractivity contribution in [3.05, 3.63) is 70.5 Å². The van der Waals surface area contributed by atoms with Gasteiger partial charge in [-0.15, -0.1) is 0 Å². The number of amides is 1. The van der Waals surface area contributed by atoms with Crippen LogP contribution in [-0.2, 0) is 11.3 Å². The van der Waals surface area contributed by atoms with Gasteiger partial charge in [-0.25, -0.2) is 4.79 Å². The van der Waals surface area contributed by atoms with Crippen LogP contribution in [0.3, 0.4) is 0 Å². The van der Waals surface area contributed by atoms with Crippen LogP contribution in [0, 0.1) is 0 Å². The number of piperidine rings is 1. The fourth-order valence-electron chi connectivity index (χ4n) is 3.24. The van der Waals surface area contributed by atoms with Gasteiger partial charge in [-0.1, -0.05) is 51.4 Å². The fraction of sp³-hybridized carbons (Fsp3) is 0.286. The average molecular weight is 442 g/mol. The second kappa shape index (κ2) is 8.56. The van der Waals surface area contributed by atoms with Gasteiger partial charge in [-0.05, 0) is 42.7 Å². The molecular weight excluding hydrogens is 422 g/mol. The number of hydrogen-bond acceptors (Lipinski definition) is 5. The molecule has 0 aliphatic carbocycles. The Labute approximate surface area is 171 Å². The third-order valence-corrected chi connectivity index (χ3v) is 5.39. The summed E-state index contributed by atoms with van der Waals surface area (Å²) in [6.07, 6.45) is 1.31. The quantitative estimate of drug-likeness (QED) is 0.568. The molecule has 1 fully saturated rings. The highest BCUT2D eigenvalue weighted by Crippen LogP contribution is 2.28. The Morgan fingerprint density at radius 3 is 2.54 bits per heavy atom. The fourth-order valence-corrected chi connectivity index (χ4v) is 3.51. The van der Waals surface area contributed by atoms with Crippen molar-refractivity contribution >= 4 is 22.0 Å². The van der Waals surface area contributed by atoms with Crippen LogP contribution in [0.1, 0.15) is 30.1 Å². The van der Waals surface area contributed by atoms with Crippen molar-refractivity contribution in [1.29, 1.82) is 0 Å². The standard InChI is InChI=1S/C21H20BrN3O3/c22-18-8-6-17(7-9-18)20-23-19(24-28-20)16-10-12-25(13-11-16)21(26)27-14-15-4-2-1-3-5-15/h1-9,16H,10-14H2. The van der Waals surface area contributed by atoms with Crippen molar-refractivity contribution in [1.82, 2.24) is 15.0 Å². The van der Waals surface area contributed by atoms with Crippen LogP contribution in [0.5, 0.6) is 0 Å². The van der Waals surface area contributed by atoms with Crippen molar-refractivity contribution in [2.45, 2.75) is 25.4 Å². The Balaban J connectivity index is 1.30. The number of ether oxygens (including phenoxy) is 1. The molecule has 1 aliphatic rings. The maximum Gasteiger partial charge on any atom is 0.410 e. The summed E-state index contributed by atoms with van der Waals surface area (Å²) in [5.41, 5.74) is 1.88. The number of nitrogens with zero attached hydrogens (tertiary/aromatic N) is 3. The van der Waals surface area contributed by atoms with Gasteiger partial charge >= 0.3 is 6.09 Å². The first-order valence-corrected chi connectivity index (χ1v) is 10.0. The van der Waals surface area contributed by atoms with E-state index in [4.69, 9.17) is 9.26 Å². The molecule has 1 amide bonds. The maximum atomic E-state index is 12.3. The van der Waals surface area contributed by atoms with Crippen LogP contribution >= 0.6 is 15.9 Å². The lowest BCUT2D eigenvalue weighted by Gasteiger charge is -2.29. The lowest BCUT2D eigenvalue weighted by molar-refractivity contribution is 0.0865. The maximum absolute atomic E-state index is 12.3. The number of carbonyl (C=O) groups excluding carboxylic acids is 1. The molecule has 0 bridgehead atoms. The van der Waals surface area contributed by atoms with E-state index in [1.165, 1.54) is 0 Å². The number of benzene rings is 2. The van der Waals surface area contributed by atoms with E-state index in [1.54, 1.807) is 4.90 Å². The van der Waals surface area contributed by atoms with Crippen molar-refractivity contribution in [3.63, 3.8) is 0 Å². The summed E-state index contributed by atoms with van der Waals surface area (Å²) in [7, 11) is 0. The van der Waals surface area contributed by atoms with Gasteiger partial charge in [-0.3, -0.25) is 0 Å². The van der Waals surface area contributed by atoms with E-state index in [-0.39, 0.29) is 12.0 Å². The number of aromatic nitrogens is 2. The third-order valence-electron chi connectivity index (χ3n) is 4.86. The highest BCUT2D eigenvalue weighted by atomic mass is 79.9. The Morgan fingerprint density at radius 2 is 1.82 bits per heavy atom. The van der Waals surface area contributed by atoms with Crippen LogP contribution < -0.4 is 0 Å². The third kappa shape index (κ3) is 4.42. The lowest BCUT2D eigenvalue weighted by Crippen LogP contribution is -2.38. The molecule has 6 nitrogen and oxygen atoms in total. The summed E-state index contributed by atoms with van der Waals surface area (Å²) >= 11 is 3.42. The van der Waals surface area contributed by atoms with Gasteiger partial charge < -0.3 is 14.2 Å². The molecule has 28 heavy (non-hydrogen) atoms. The Bertz CT molecular complexity index is 920. The largest absolute Gasteiger partial charge is 0.445 e. The summed E-state index contributed by atoms with van der Waals surface area (Å²) in [5, 5.41) is 4.15. The molecule has 0 atom stereocenters. The van der Waals surface area contributed by atoms with Crippen molar-refractivity contribution in [3.8, 4) is 11.5 Å². The van der Waals surface area contributed by atoms with Crippen molar-refractivity contribution in [2.24, 2.45) is 0 Å². The van der Waals surface area contributed by atoms with Gasteiger partial charge in [0.1, 0.15) is 6.61 Å². The summed E-state index contributed by atoms with van der Waals surface area (Å²) < 4.78 is 11.8. The van der Waals surface area contributed by atoms with Gasteiger partial charge in [0.2, 0.25) is 0 Å². The van der Waals surface area contributed by atoms with Crippen molar-refractivity contribution in [2.75, 3.05) is 13.1 Å². The molecule has 0 N–H and O–H groups in total. The summed E-state index contributed by atoms with van der Waals surface area (Å²) in [6.45, 7) is 1.54. The second-order valence-corrected chi connectivity index (χ2v) is 7.68. The molecule has 0 radical (unpaired) electrons. The van der Waals surface area contributed by atoms with E-state index in [1.807, 2.05) is 54.6 Å². The smallest absolute Gasteiger partial charge is 0.410 e. The van der Waals surface area contributed by atoms with E-state index < -0.39 is 0 Å². The minimum atomic E-state index is -0.272. The minimum absolute atomic E-state index is 0.186. The first-order chi connectivity index (χ1) is 13.7. The van der Waals surface area contributed by atoms with Crippen molar-refractivity contribution < 1.29 is 14.1 Å². The van der Waals surface area contributed by atoms with Crippen LogP contribution in [0.15, 0.2) is 63.6 Å². The van der Waals surface area contributed by atoms with Gasteiger partial charge in [0.25, 0.3) is 5.89 Å². The number of halogens is 1. The molecule has 4 rings (SSSR count). The summed E-state index contributed by atoms with van der Waals surface area (Å²) in [5.74, 6) is 1.41. The van der Waals surface area contributed by atoms with Gasteiger partial charge in [0.15, 0.2) is 5.82 Å². The normalized spacial score (nSPS) is 14.8. The molecule has 0 spiro atoms. The molecule has 1 aliphatic heterocycles. The molecule has 3 aromatic rings. The number of hydrogen-bond donors (Lipinski definition) is 0. The average Bonchev–Trinajstić information content (AvgIpc) is 3.24. The predicted octanol–water partition coefficient (Wildman–Crippen LogP) is 5.02. The van der Waals surface area contributed by atoms with E-state index in [9.17, 15) is 4.79 Å². The molecule has 2 heterocycles. The summed E-state index contributed by atoms with van der Waals surface area (Å²) in [4.78, 5) is 18.6. The Kier molecular flexibility index (Phi) is 5.71. The minimum Gasteiger partial charge on any atom is -0.445 e. The van der Waals surface area contributed by atoms with Gasteiger partial charge in [0.05, 0.1) is 0 Å². The zero-order valence-corrected chi connectivity index (χ0v) is 16.8. The molecule has 2 aromatic carbocycles. The van der Waals surface area contributed by atoms with Crippen LogP contribution in [0.25, 0.3) is 11.5 Å². The highest BCUT2D eigenvalue weighted by Gasteiger charge is 2.28. The van der Waals surface area contributed by atoms with Gasteiger partial charge in [-0.2, -0.15) is 4.98 Å². The Morgan fingerprint density at radius 1 is 1.11 bits per heavy atom. The molecule has 0 unspecified atom stereocenters. The molecule has 0 saturated carbocycles. The van der Waals surface area contributed by atoms with Gasteiger partial charge in [0, 0.05) is 29.0 Å². The first kappa shape index (κ1) is 18.7. The van der Waals surface area contributed by atoms with Crippen LogP contribution in [-0.4, -0.2) is 34.2 Å². The van der Waals surface area contributed by atoms with E-state index in [0.717, 1.165) is 28.4 Å². The summed E-state index contributed by atoms with van der Waals surface area (Å²) in [6, 6.07) is 17.5. The zero-order chi connectivity index (χ0) is 19.3. The number of rotatable bonds is 4. The highest BCUT2D eigenvalue weighted by molar-refractivity contribution is 9.10. The van der Waals surface area contributed by atoms with Crippen LogP contribution in [0.4, 0.5) is 4.79 Å². The zero-order valence-electron chi connectivity index (χ0n) is 15.3. The van der Waals surface area contributed by atoms with E-state index in [2.05, 4.69) is 26.1 Å². The molecule has 7 heteroatoms.